The van der Waals surface area contributed by atoms with Crippen molar-refractivity contribution in [2.75, 3.05) is 13.6 Å². The minimum absolute atomic E-state index is 0.0450. The summed E-state index contributed by atoms with van der Waals surface area (Å²) in [4.78, 5) is 27.8. The Morgan fingerprint density at radius 2 is 1.34 bits per heavy atom. The number of ether oxygens (including phenoxy) is 5. The van der Waals surface area contributed by atoms with E-state index in [0.717, 1.165) is 0 Å². The fourth-order valence-electron chi connectivity index (χ4n) is 5.73. The summed E-state index contributed by atoms with van der Waals surface area (Å²) in [5.74, 6) is -0.161. The van der Waals surface area contributed by atoms with Crippen LogP contribution in [0.4, 0.5) is 0 Å². The summed E-state index contributed by atoms with van der Waals surface area (Å²) >= 11 is 0. The Bertz CT molecular complexity index is 1700. The van der Waals surface area contributed by atoms with Crippen molar-refractivity contribution in [1.82, 2.24) is 4.57 Å². The number of hydrogen-bond acceptors (Lipinski definition) is 9. The summed E-state index contributed by atoms with van der Waals surface area (Å²) in [5, 5.41) is 23.2. The second-order valence-corrected chi connectivity index (χ2v) is 9.30. The molecule has 4 aromatic rings. The van der Waals surface area contributed by atoms with Crippen molar-refractivity contribution in [2.24, 2.45) is 0 Å². The van der Waals surface area contributed by atoms with Crippen LogP contribution in [0.25, 0.3) is 5.69 Å². The monoisotopic (exact) mass is 511 g/mol. The first-order valence-corrected chi connectivity index (χ1v) is 11.8. The van der Waals surface area contributed by atoms with Gasteiger partial charge in [0, 0.05) is 17.2 Å². The van der Waals surface area contributed by atoms with Crippen molar-refractivity contribution >= 4 is 11.6 Å². The minimum atomic E-state index is -2.18. The van der Waals surface area contributed by atoms with E-state index in [2.05, 4.69) is 0 Å². The number of hydrogen-bond donors (Lipinski definition) is 2. The van der Waals surface area contributed by atoms with Crippen molar-refractivity contribution in [2.45, 2.75) is 11.7 Å². The predicted molar refractivity (Wildman–Crippen MR) is 127 cm³/mol. The molecule has 3 aromatic carbocycles. The Hall–Kier alpha value is -4.96. The van der Waals surface area contributed by atoms with Crippen LogP contribution < -0.4 is 18.9 Å². The maximum absolute atomic E-state index is 13.9. The highest BCUT2D eigenvalue weighted by atomic mass is 16.7. The van der Waals surface area contributed by atoms with Gasteiger partial charge in [-0.15, -0.1) is 0 Å². The number of ketones is 2. The first-order valence-electron chi connectivity index (χ1n) is 11.8. The number of aromatic hydroxyl groups is 2. The van der Waals surface area contributed by atoms with Gasteiger partial charge in [-0.25, -0.2) is 0 Å². The van der Waals surface area contributed by atoms with Gasteiger partial charge in [0.2, 0.25) is 42.5 Å². The van der Waals surface area contributed by atoms with Crippen LogP contribution in [0, 0.1) is 0 Å². The molecule has 1 aromatic heterocycles. The lowest BCUT2D eigenvalue weighted by molar-refractivity contribution is -0.0231. The van der Waals surface area contributed by atoms with Gasteiger partial charge in [-0.2, -0.15) is 0 Å². The highest BCUT2D eigenvalue weighted by Gasteiger charge is 2.65. The van der Waals surface area contributed by atoms with Crippen LogP contribution in [0.2, 0.25) is 0 Å². The van der Waals surface area contributed by atoms with Crippen LogP contribution in [-0.4, -0.2) is 39.9 Å². The molecule has 1 spiro atoms. The zero-order valence-electron chi connectivity index (χ0n) is 19.5. The van der Waals surface area contributed by atoms with Crippen molar-refractivity contribution in [3.05, 3.63) is 88.5 Å². The van der Waals surface area contributed by atoms with Gasteiger partial charge in [-0.1, -0.05) is 30.3 Å². The Morgan fingerprint density at radius 1 is 0.737 bits per heavy atom. The van der Waals surface area contributed by atoms with Crippen LogP contribution in [0.3, 0.4) is 0 Å². The number of fused-ring (bicyclic) bond motifs is 5. The molecule has 0 saturated heterocycles. The minimum Gasteiger partial charge on any atom is -0.494 e. The van der Waals surface area contributed by atoms with Gasteiger partial charge in [-0.05, 0) is 29.8 Å². The molecule has 4 heterocycles. The lowest BCUT2D eigenvalue weighted by Crippen LogP contribution is -2.38. The second kappa shape index (κ2) is 7.08. The second-order valence-electron chi connectivity index (χ2n) is 9.30. The maximum Gasteiger partial charge on any atom is 0.231 e. The van der Waals surface area contributed by atoms with E-state index in [-0.39, 0.29) is 41.7 Å². The lowest BCUT2D eigenvalue weighted by atomic mass is 9.88. The number of aromatic nitrogens is 1. The molecular weight excluding hydrogens is 494 g/mol. The van der Waals surface area contributed by atoms with Gasteiger partial charge in [0.15, 0.2) is 23.0 Å². The van der Waals surface area contributed by atoms with Gasteiger partial charge >= 0.3 is 0 Å². The molecule has 1 aliphatic carbocycles. The number of nitrogens with zero attached hydrogens (tertiary/aromatic N) is 1. The largest absolute Gasteiger partial charge is 0.494 e. The topological polar surface area (TPSA) is 126 Å². The number of carbonyl (C=O) groups is 2. The molecule has 1 unspecified atom stereocenters. The van der Waals surface area contributed by atoms with Gasteiger partial charge in [0.25, 0.3) is 0 Å². The van der Waals surface area contributed by atoms with Crippen molar-refractivity contribution in [3.63, 3.8) is 0 Å². The van der Waals surface area contributed by atoms with E-state index in [4.69, 9.17) is 23.7 Å². The molecule has 4 aliphatic rings. The number of benzene rings is 3. The van der Waals surface area contributed by atoms with E-state index in [1.54, 1.807) is 60.7 Å². The van der Waals surface area contributed by atoms with Crippen molar-refractivity contribution in [3.8, 4) is 40.4 Å². The average Bonchev–Trinajstić information content (AvgIpc) is 3.73. The first-order chi connectivity index (χ1) is 18.5. The van der Waals surface area contributed by atoms with Gasteiger partial charge in [0.05, 0.1) is 16.8 Å². The number of rotatable bonds is 2. The third kappa shape index (κ3) is 2.44. The number of Topliss-reactive ketones (excluding diaryl/α,β-unsaturated/α-hetero) is 2. The molecule has 38 heavy (non-hydrogen) atoms. The molecule has 10 nitrogen and oxygen atoms in total. The Balaban J connectivity index is 1.38. The predicted octanol–water partition coefficient (Wildman–Crippen LogP) is 3.74. The molecule has 1 atom stereocenters. The Morgan fingerprint density at radius 3 is 2.03 bits per heavy atom. The maximum atomic E-state index is 13.9. The molecule has 2 N–H and O–H groups in total. The zero-order chi connectivity index (χ0) is 25.8. The van der Waals surface area contributed by atoms with Gasteiger partial charge in [-0.3, -0.25) is 14.2 Å². The Labute approximate surface area is 214 Å². The summed E-state index contributed by atoms with van der Waals surface area (Å²) in [5.41, 5.74) is -0.955. The summed E-state index contributed by atoms with van der Waals surface area (Å²) in [7, 11) is 0. The molecule has 0 fully saturated rings. The highest BCUT2D eigenvalue weighted by molar-refractivity contribution is 6.32. The van der Waals surface area contributed by atoms with Crippen LogP contribution in [0.1, 0.15) is 43.5 Å². The summed E-state index contributed by atoms with van der Waals surface area (Å²) in [6.45, 7) is 0.0988. The van der Waals surface area contributed by atoms with Crippen LogP contribution in [0.5, 0.6) is 34.8 Å². The lowest BCUT2D eigenvalue weighted by Gasteiger charge is -2.24. The summed E-state index contributed by atoms with van der Waals surface area (Å²) in [6.07, 6.45) is -1.08. The molecule has 10 heteroatoms. The van der Waals surface area contributed by atoms with Gasteiger partial charge in [0.1, 0.15) is 6.10 Å². The smallest absolute Gasteiger partial charge is 0.231 e. The van der Waals surface area contributed by atoms with Crippen LogP contribution >= 0.6 is 0 Å². The Kier molecular flexibility index (Phi) is 3.94. The third-order valence-electron chi connectivity index (χ3n) is 7.44. The first kappa shape index (κ1) is 21.2. The third-order valence-corrected chi connectivity index (χ3v) is 7.44. The normalized spacial score (nSPS) is 19.3. The van der Waals surface area contributed by atoms with Crippen molar-refractivity contribution in [1.29, 1.82) is 0 Å². The molecule has 0 saturated carbocycles. The van der Waals surface area contributed by atoms with E-state index in [0.29, 0.717) is 34.2 Å². The molecule has 188 valence electrons. The van der Waals surface area contributed by atoms with Crippen LogP contribution in [-0.2, 0) is 10.3 Å². The summed E-state index contributed by atoms with van der Waals surface area (Å²) in [6, 6.07) is 16.3. The van der Waals surface area contributed by atoms with E-state index >= 15 is 0 Å². The van der Waals surface area contributed by atoms with Gasteiger partial charge < -0.3 is 33.9 Å². The molecule has 0 radical (unpaired) electrons. The van der Waals surface area contributed by atoms with E-state index < -0.39 is 29.2 Å². The standard InChI is InChI=1S/C28H17NO9/c30-24-15-3-1-2-4-16(15)25(31)28(24)22-21(23(38-28)13-5-7-17-19(9-13)36-11-34-17)26(32)29(27(22)33)14-6-8-18-20(10-14)37-12-35-18/h1-10,23,32-33H,11-12H2. The van der Waals surface area contributed by atoms with Crippen LogP contribution in [0.15, 0.2) is 60.7 Å². The highest BCUT2D eigenvalue weighted by Crippen LogP contribution is 2.60. The summed E-state index contributed by atoms with van der Waals surface area (Å²) < 4.78 is 29.3. The van der Waals surface area contributed by atoms with E-state index in [9.17, 15) is 19.8 Å². The average molecular weight is 511 g/mol. The SMILES string of the molecule is O=C1c2ccccc2C(=O)C12OC(c1ccc3c(c1)OCO3)c1c2c(O)n(-c2ccc3c(c2)OCO3)c1O. The number of carbonyl (C=O) groups excluding carboxylic acids is 2. The fourth-order valence-corrected chi connectivity index (χ4v) is 5.73. The quantitative estimate of drug-likeness (QED) is 0.387. The van der Waals surface area contributed by atoms with Crippen molar-refractivity contribution < 1.29 is 43.5 Å². The zero-order valence-corrected chi connectivity index (χ0v) is 19.5. The van der Waals surface area contributed by atoms with E-state index in [1.165, 1.54) is 4.57 Å². The molecule has 3 aliphatic heterocycles. The fraction of sp³-hybridized carbons (Fsp3) is 0.143. The molecule has 0 amide bonds. The van der Waals surface area contributed by atoms with E-state index in [1.807, 2.05) is 0 Å². The molecular formula is C28H17NO9. The molecule has 8 rings (SSSR count). The molecule has 0 bridgehead atoms.